The van der Waals surface area contributed by atoms with Crippen molar-refractivity contribution in [2.24, 2.45) is 0 Å². The zero-order chi connectivity index (χ0) is 26.0. The molecule has 0 N–H and O–H groups in total. The minimum Gasteiger partial charge on any atom is -0.466 e. The van der Waals surface area contributed by atoms with E-state index in [0.29, 0.717) is 5.56 Å². The lowest BCUT2D eigenvalue weighted by atomic mass is 10.1. The number of ether oxygens (including phenoxy) is 2. The molecule has 0 atom stereocenters. The molecule has 0 aromatic heterocycles. The molecular weight excluding hydrogens is 538 g/mol. The maximum Gasteiger partial charge on any atom is 0.310 e. The van der Waals surface area contributed by atoms with Crippen LogP contribution in [0.1, 0.15) is 25.0 Å². The number of nitrogens with zero attached hydrogens (tertiary/aromatic N) is 2. The zero-order valence-electron chi connectivity index (χ0n) is 17.8. The second-order valence-corrected chi connectivity index (χ2v) is 7.86. The summed E-state index contributed by atoms with van der Waals surface area (Å²) in [7, 11) is 0. The summed E-state index contributed by atoms with van der Waals surface area (Å²) in [6.45, 7) is 3.79. The Bertz CT molecular complexity index is 1090. The first-order chi connectivity index (χ1) is 15.9. The van der Waals surface area contributed by atoms with E-state index in [0.717, 1.165) is 6.07 Å². The Labute approximate surface area is 213 Å². The number of benzene rings is 2. The van der Waals surface area contributed by atoms with E-state index in [1.807, 2.05) is 0 Å². The molecule has 0 saturated carbocycles. The Balaban J connectivity index is 0.000000340. The lowest BCUT2D eigenvalue weighted by molar-refractivity contribution is -0.385. The van der Waals surface area contributed by atoms with Crippen molar-refractivity contribution in [3.8, 4) is 0 Å². The lowest BCUT2D eigenvalue weighted by Crippen LogP contribution is -2.10. The van der Waals surface area contributed by atoms with Crippen molar-refractivity contribution < 1.29 is 28.9 Å². The average Bonchev–Trinajstić information content (AvgIpc) is 2.73. The van der Waals surface area contributed by atoms with E-state index < -0.39 is 21.8 Å². The van der Waals surface area contributed by atoms with Crippen molar-refractivity contribution in [3.63, 3.8) is 0 Å². The maximum absolute atomic E-state index is 11.3. The van der Waals surface area contributed by atoms with Crippen molar-refractivity contribution in [1.29, 1.82) is 0 Å². The minimum absolute atomic E-state index is 0.0568. The van der Waals surface area contributed by atoms with Crippen LogP contribution in [0.4, 0.5) is 11.4 Å². The topological polar surface area (TPSA) is 139 Å². The summed E-state index contributed by atoms with van der Waals surface area (Å²) in [5.74, 6) is -1.04. The van der Waals surface area contributed by atoms with Gasteiger partial charge < -0.3 is 9.47 Å². The fraction of sp³-hybridized carbons (Fsp3) is 0.300. The highest BCUT2D eigenvalue weighted by Gasteiger charge is 2.24. The Morgan fingerprint density at radius 1 is 0.794 bits per heavy atom. The third-order valence-corrected chi connectivity index (χ3v) is 5.25. The van der Waals surface area contributed by atoms with Crippen LogP contribution in [0.5, 0.6) is 0 Å². The second-order valence-electron chi connectivity index (χ2n) is 6.23. The smallest absolute Gasteiger partial charge is 0.310 e. The van der Waals surface area contributed by atoms with Crippen LogP contribution in [0, 0.1) is 20.2 Å². The number of nitro benzene ring substituents is 2. The SMILES string of the molecule is CCOC(=O)Cc1c(Cl)ccc(Cl)c1[N+](=O)[O-].CCOC(=O)Cc1cc(Cl)c([N+](=O)[O-])cc1Cl. The molecule has 34 heavy (non-hydrogen) atoms. The number of carbonyl (C=O) groups is 2. The average molecular weight is 556 g/mol. The van der Waals surface area contributed by atoms with Gasteiger partial charge in [0, 0.05) is 6.07 Å². The predicted molar refractivity (Wildman–Crippen MR) is 127 cm³/mol. The van der Waals surface area contributed by atoms with E-state index in [9.17, 15) is 29.8 Å². The van der Waals surface area contributed by atoms with Crippen molar-refractivity contribution in [3.05, 3.63) is 75.7 Å². The molecule has 0 unspecified atom stereocenters. The number of nitro groups is 2. The van der Waals surface area contributed by atoms with Crippen molar-refractivity contribution in [2.45, 2.75) is 26.7 Å². The standard InChI is InChI=1S/2C10H9Cl2NO4/c1-2-17-10(14)4-6-3-8(12)9(13(15)16)5-7(6)11;1-2-17-9(14)5-6-7(11)3-4-8(12)10(6)13(15)16/h3,5H,2,4H2,1H3;3-4H,2,5H2,1H3. The van der Waals surface area contributed by atoms with Crippen LogP contribution in [-0.4, -0.2) is 35.0 Å². The Kier molecular flexibility index (Phi) is 12.0. The third-order valence-electron chi connectivity index (χ3n) is 3.94. The molecule has 0 fully saturated rings. The summed E-state index contributed by atoms with van der Waals surface area (Å²) >= 11 is 23.0. The molecule has 0 saturated heterocycles. The van der Waals surface area contributed by atoms with Crippen LogP contribution in [-0.2, 0) is 31.9 Å². The van der Waals surface area contributed by atoms with Crippen LogP contribution < -0.4 is 0 Å². The molecule has 0 bridgehead atoms. The van der Waals surface area contributed by atoms with Crippen molar-refractivity contribution in [2.75, 3.05) is 13.2 Å². The summed E-state index contributed by atoms with van der Waals surface area (Å²) in [5, 5.41) is 21.6. The number of carbonyl (C=O) groups excluding carboxylic acids is 2. The number of rotatable bonds is 8. The fourth-order valence-corrected chi connectivity index (χ4v) is 3.47. The van der Waals surface area contributed by atoms with E-state index in [1.165, 1.54) is 18.2 Å². The molecule has 2 rings (SSSR count). The molecule has 10 nitrogen and oxygen atoms in total. The Hall–Kier alpha value is -2.66. The van der Waals surface area contributed by atoms with Gasteiger partial charge >= 0.3 is 11.9 Å². The van der Waals surface area contributed by atoms with Gasteiger partial charge in [0.1, 0.15) is 10.0 Å². The highest BCUT2D eigenvalue weighted by molar-refractivity contribution is 6.36. The molecule has 0 radical (unpaired) electrons. The van der Waals surface area contributed by atoms with Gasteiger partial charge in [0.2, 0.25) is 0 Å². The van der Waals surface area contributed by atoms with E-state index in [1.54, 1.807) is 13.8 Å². The number of hydrogen-bond donors (Lipinski definition) is 0. The quantitative estimate of drug-likeness (QED) is 0.219. The van der Waals surface area contributed by atoms with Gasteiger partial charge in [0.15, 0.2) is 0 Å². The summed E-state index contributed by atoms with van der Waals surface area (Å²) in [4.78, 5) is 42.7. The number of hydrogen-bond acceptors (Lipinski definition) is 8. The molecular formula is C20H18Cl4N2O8. The first-order valence-electron chi connectivity index (χ1n) is 9.47. The van der Waals surface area contributed by atoms with Gasteiger partial charge in [-0.3, -0.25) is 29.8 Å². The highest BCUT2D eigenvalue weighted by Crippen LogP contribution is 2.34. The molecule has 2 aromatic rings. The summed E-state index contributed by atoms with van der Waals surface area (Å²) in [6.07, 6.45) is -0.339. The predicted octanol–water partition coefficient (Wildman–Crippen LogP) is 6.01. The minimum atomic E-state index is -0.664. The van der Waals surface area contributed by atoms with Gasteiger partial charge in [-0.15, -0.1) is 0 Å². The first kappa shape index (κ1) is 29.4. The number of esters is 2. The maximum atomic E-state index is 11.3. The van der Waals surface area contributed by atoms with Crippen molar-refractivity contribution in [1.82, 2.24) is 0 Å². The lowest BCUT2D eigenvalue weighted by Gasteiger charge is -2.06. The van der Waals surface area contributed by atoms with Crippen LogP contribution in [0.25, 0.3) is 0 Å². The number of halogens is 4. The second kappa shape index (κ2) is 13.9. The molecule has 14 heteroatoms. The van der Waals surface area contributed by atoms with E-state index in [-0.39, 0.29) is 63.1 Å². The van der Waals surface area contributed by atoms with Crippen LogP contribution in [0.2, 0.25) is 20.1 Å². The fourth-order valence-electron chi connectivity index (χ4n) is 2.53. The van der Waals surface area contributed by atoms with Gasteiger partial charge in [-0.05, 0) is 37.6 Å². The summed E-state index contributed by atoms with van der Waals surface area (Å²) in [6, 6.07) is 5.15. The normalized spacial score (nSPS) is 10.1. The molecule has 0 heterocycles. The monoisotopic (exact) mass is 554 g/mol. The third kappa shape index (κ3) is 8.60. The molecule has 0 aliphatic heterocycles. The van der Waals surface area contributed by atoms with Gasteiger partial charge in [-0.25, -0.2) is 0 Å². The van der Waals surface area contributed by atoms with Gasteiger partial charge in [-0.2, -0.15) is 0 Å². The molecule has 2 aromatic carbocycles. The van der Waals surface area contributed by atoms with Crippen LogP contribution in [0.3, 0.4) is 0 Å². The highest BCUT2D eigenvalue weighted by atomic mass is 35.5. The molecule has 0 aliphatic rings. The molecule has 0 amide bonds. The molecule has 184 valence electrons. The largest absolute Gasteiger partial charge is 0.466 e. The Morgan fingerprint density at radius 2 is 1.32 bits per heavy atom. The first-order valence-corrected chi connectivity index (χ1v) is 11.0. The van der Waals surface area contributed by atoms with Gasteiger partial charge in [-0.1, -0.05) is 46.4 Å². The summed E-state index contributed by atoms with van der Waals surface area (Å²) < 4.78 is 9.46. The van der Waals surface area contributed by atoms with Crippen LogP contribution in [0.15, 0.2) is 24.3 Å². The van der Waals surface area contributed by atoms with Gasteiger partial charge in [0.05, 0.1) is 51.5 Å². The molecule has 0 spiro atoms. The van der Waals surface area contributed by atoms with Crippen LogP contribution >= 0.6 is 46.4 Å². The van der Waals surface area contributed by atoms with Crippen molar-refractivity contribution >= 4 is 69.7 Å². The van der Waals surface area contributed by atoms with E-state index >= 15 is 0 Å². The van der Waals surface area contributed by atoms with Gasteiger partial charge in [0.25, 0.3) is 11.4 Å². The molecule has 0 aliphatic carbocycles. The summed E-state index contributed by atoms with van der Waals surface area (Å²) in [5.41, 5.74) is -0.167. The van der Waals surface area contributed by atoms with E-state index in [4.69, 9.17) is 55.9 Å². The van der Waals surface area contributed by atoms with E-state index in [2.05, 4.69) is 0 Å². The zero-order valence-corrected chi connectivity index (χ0v) is 20.8. The Morgan fingerprint density at radius 3 is 1.82 bits per heavy atom.